The fourth-order valence-corrected chi connectivity index (χ4v) is 9.41. The molecular weight excluding hydrogens is 392 g/mol. The highest BCUT2D eigenvalue weighted by Gasteiger charge is 2.64. The summed E-state index contributed by atoms with van der Waals surface area (Å²) in [6.45, 7) is 21.7. The summed E-state index contributed by atoms with van der Waals surface area (Å²) in [5.74, 6) is 0.363. The fraction of sp³-hybridized carbons (Fsp3) is 0.833. The fourth-order valence-electron chi connectivity index (χ4n) is 9.41. The van der Waals surface area contributed by atoms with Crippen LogP contribution in [0.5, 0.6) is 0 Å². The van der Waals surface area contributed by atoms with E-state index in [9.17, 15) is 9.90 Å². The summed E-state index contributed by atoms with van der Waals surface area (Å²) in [6, 6.07) is 0. The molecule has 1 N–H and O–H groups in total. The lowest BCUT2D eigenvalue weighted by molar-refractivity contribution is -0.147. The Kier molecular flexibility index (Phi) is 5.63. The Morgan fingerprint density at radius 3 is 2.25 bits per heavy atom. The van der Waals surface area contributed by atoms with Crippen molar-refractivity contribution in [3.8, 4) is 0 Å². The second-order valence-electron chi connectivity index (χ2n) is 14.0. The Morgan fingerprint density at radius 1 is 0.969 bits per heavy atom. The van der Waals surface area contributed by atoms with Crippen LogP contribution in [0.25, 0.3) is 0 Å². The molecule has 0 aliphatic heterocycles. The summed E-state index contributed by atoms with van der Waals surface area (Å²) in [5.41, 5.74) is 6.28. The smallest absolute Gasteiger partial charge is 0.303 e. The third-order valence-electron chi connectivity index (χ3n) is 11.7. The van der Waals surface area contributed by atoms with Gasteiger partial charge in [0.05, 0.1) is 0 Å². The van der Waals surface area contributed by atoms with Crippen LogP contribution in [-0.2, 0) is 4.79 Å². The van der Waals surface area contributed by atoms with Crippen molar-refractivity contribution >= 4 is 5.97 Å². The Labute approximate surface area is 197 Å². The molecule has 0 heterocycles. The van der Waals surface area contributed by atoms with Crippen molar-refractivity contribution in [3.05, 3.63) is 23.3 Å². The molecule has 0 aromatic carbocycles. The van der Waals surface area contributed by atoms with Crippen molar-refractivity contribution in [2.45, 2.75) is 119 Å². The summed E-state index contributed by atoms with van der Waals surface area (Å²) in [7, 11) is 0. The van der Waals surface area contributed by atoms with Crippen molar-refractivity contribution in [1.29, 1.82) is 0 Å². The van der Waals surface area contributed by atoms with Crippen LogP contribution in [0, 0.1) is 38.9 Å². The van der Waals surface area contributed by atoms with Gasteiger partial charge in [0.25, 0.3) is 0 Å². The maximum absolute atomic E-state index is 11.6. The molecule has 0 unspecified atom stereocenters. The second kappa shape index (κ2) is 7.47. The van der Waals surface area contributed by atoms with Crippen LogP contribution in [0.3, 0.4) is 0 Å². The van der Waals surface area contributed by atoms with Crippen LogP contribution >= 0.6 is 0 Å². The number of allylic oxidation sites excluding steroid dienone is 3. The molecule has 4 rings (SSSR count). The van der Waals surface area contributed by atoms with Gasteiger partial charge in [-0.2, -0.15) is 0 Å². The molecule has 0 amide bonds. The van der Waals surface area contributed by atoms with E-state index < -0.39 is 5.97 Å². The number of carboxylic acid groups (broad SMARTS) is 1. The van der Waals surface area contributed by atoms with Gasteiger partial charge >= 0.3 is 5.97 Å². The van der Waals surface area contributed by atoms with E-state index in [0.717, 1.165) is 6.42 Å². The maximum Gasteiger partial charge on any atom is 0.303 e. The van der Waals surface area contributed by atoms with Crippen LogP contribution in [0.2, 0.25) is 0 Å². The Morgan fingerprint density at radius 2 is 1.62 bits per heavy atom. The number of aliphatic carboxylic acids is 1. The van der Waals surface area contributed by atoms with E-state index in [1.54, 1.807) is 0 Å². The molecule has 3 saturated carbocycles. The number of fused-ring (bicyclic) bond motifs is 4. The lowest BCUT2D eigenvalue weighted by Crippen LogP contribution is -2.60. The average Bonchev–Trinajstić information content (AvgIpc) is 2.68. The first-order chi connectivity index (χ1) is 14.7. The molecule has 0 aromatic rings. The Bertz CT molecular complexity index is 849. The van der Waals surface area contributed by atoms with Crippen LogP contribution in [-0.4, -0.2) is 11.1 Å². The molecule has 0 radical (unpaired) electrons. The van der Waals surface area contributed by atoms with Crippen molar-refractivity contribution in [2.75, 3.05) is 0 Å². The van der Waals surface area contributed by atoms with Crippen LogP contribution in [0.15, 0.2) is 23.3 Å². The topological polar surface area (TPSA) is 37.3 Å². The normalized spacial score (nSPS) is 45.5. The summed E-state index contributed by atoms with van der Waals surface area (Å²) < 4.78 is 0. The van der Waals surface area contributed by atoms with Gasteiger partial charge in [0, 0.05) is 6.42 Å². The van der Waals surface area contributed by atoms with Crippen molar-refractivity contribution < 1.29 is 9.90 Å². The standard InChI is InChI=1S/C30H48O2/c1-20(2)21-11-14-30(8)24(28(21,6)13-12-25(31)32)10-9-22-23-19-26(3,4)15-16-27(23,5)17-18-29(22,30)7/h21,24H,1,9-19H2,2-8H3,(H,31,32)/t21-,24+,27+,28-,29+,30+/m0/s1. The number of hydrogen-bond acceptors (Lipinski definition) is 1. The van der Waals surface area contributed by atoms with E-state index in [0.29, 0.717) is 22.7 Å². The molecule has 2 nitrogen and oxygen atoms in total. The minimum absolute atomic E-state index is 0.0308. The quantitative estimate of drug-likeness (QED) is 0.444. The van der Waals surface area contributed by atoms with Crippen LogP contribution < -0.4 is 0 Å². The summed E-state index contributed by atoms with van der Waals surface area (Å²) in [5, 5.41) is 9.56. The van der Waals surface area contributed by atoms with Crippen molar-refractivity contribution in [1.82, 2.24) is 0 Å². The van der Waals surface area contributed by atoms with Gasteiger partial charge < -0.3 is 5.11 Å². The van der Waals surface area contributed by atoms with E-state index >= 15 is 0 Å². The molecule has 0 spiro atoms. The second-order valence-corrected chi connectivity index (χ2v) is 14.0. The Balaban J connectivity index is 1.80. The SMILES string of the molecule is C=C(C)[C@@H]1CC[C@]2(C)[C@H](CCC3=C4CC(C)(C)CC[C@]4(C)CC[C@]32C)[C@@]1(C)CCC(=O)O. The first kappa shape index (κ1) is 24.1. The van der Waals surface area contributed by atoms with Gasteiger partial charge in [0.15, 0.2) is 0 Å². The molecule has 0 aromatic heterocycles. The highest BCUT2D eigenvalue weighted by atomic mass is 16.4. The minimum Gasteiger partial charge on any atom is -0.481 e. The predicted octanol–water partition coefficient (Wildman–Crippen LogP) is 8.57. The van der Waals surface area contributed by atoms with Gasteiger partial charge in [0.1, 0.15) is 0 Å². The van der Waals surface area contributed by atoms with Gasteiger partial charge in [0.2, 0.25) is 0 Å². The van der Waals surface area contributed by atoms with Crippen molar-refractivity contribution in [3.63, 3.8) is 0 Å². The maximum atomic E-state index is 11.6. The monoisotopic (exact) mass is 440 g/mol. The van der Waals surface area contributed by atoms with Crippen molar-refractivity contribution in [2.24, 2.45) is 38.9 Å². The molecule has 0 saturated heterocycles. The highest BCUT2D eigenvalue weighted by molar-refractivity contribution is 5.66. The number of rotatable bonds is 4. The number of carboxylic acids is 1. The van der Waals surface area contributed by atoms with Gasteiger partial charge in [-0.15, -0.1) is 0 Å². The van der Waals surface area contributed by atoms with Gasteiger partial charge in [-0.25, -0.2) is 0 Å². The highest BCUT2D eigenvalue weighted by Crippen LogP contribution is 2.73. The zero-order valence-electron chi connectivity index (χ0n) is 22.0. The Hall–Kier alpha value is -1.05. The third kappa shape index (κ3) is 3.37. The van der Waals surface area contributed by atoms with Crippen LogP contribution in [0.1, 0.15) is 119 Å². The molecule has 0 bridgehead atoms. The summed E-state index contributed by atoms with van der Waals surface area (Å²) in [4.78, 5) is 11.6. The van der Waals surface area contributed by atoms with E-state index in [-0.39, 0.29) is 22.7 Å². The van der Waals surface area contributed by atoms with Gasteiger partial charge in [-0.05, 0) is 110 Å². The van der Waals surface area contributed by atoms with E-state index in [4.69, 9.17) is 0 Å². The molecule has 4 aliphatic rings. The molecule has 6 atom stereocenters. The summed E-state index contributed by atoms with van der Waals surface area (Å²) in [6.07, 6.45) is 12.6. The largest absolute Gasteiger partial charge is 0.481 e. The number of carbonyl (C=O) groups is 1. The van der Waals surface area contributed by atoms with E-state index in [1.807, 2.05) is 11.1 Å². The first-order valence-electron chi connectivity index (χ1n) is 13.3. The molecule has 32 heavy (non-hydrogen) atoms. The molecular formula is C30H48O2. The number of hydrogen-bond donors (Lipinski definition) is 1. The molecule has 180 valence electrons. The summed E-state index contributed by atoms with van der Waals surface area (Å²) >= 11 is 0. The van der Waals surface area contributed by atoms with Crippen LogP contribution in [0.4, 0.5) is 0 Å². The average molecular weight is 441 g/mol. The molecule has 2 heteroatoms. The molecule has 4 aliphatic carbocycles. The van der Waals surface area contributed by atoms with E-state index in [1.165, 1.54) is 63.4 Å². The zero-order valence-corrected chi connectivity index (χ0v) is 22.0. The lowest BCUT2D eigenvalue weighted by Gasteiger charge is -2.68. The van der Waals surface area contributed by atoms with Gasteiger partial charge in [-0.1, -0.05) is 64.8 Å². The minimum atomic E-state index is -0.651. The van der Waals surface area contributed by atoms with Gasteiger partial charge in [-0.3, -0.25) is 4.79 Å². The molecule has 3 fully saturated rings. The first-order valence-corrected chi connectivity index (χ1v) is 13.3. The predicted molar refractivity (Wildman–Crippen MR) is 133 cm³/mol. The van der Waals surface area contributed by atoms with E-state index in [2.05, 4.69) is 55.0 Å². The zero-order chi connectivity index (χ0) is 23.7. The lowest BCUT2D eigenvalue weighted by atomic mass is 9.36. The third-order valence-corrected chi connectivity index (χ3v) is 11.7.